The van der Waals surface area contributed by atoms with Gasteiger partial charge < -0.3 is 10.4 Å². The number of Topliss-reactive ketones (excluding diaryl/α,β-unsaturated/α-hetero) is 1. The molecule has 1 aromatic rings. The summed E-state index contributed by atoms with van der Waals surface area (Å²) in [5.74, 6) is -0.911. The summed E-state index contributed by atoms with van der Waals surface area (Å²) < 4.78 is 13.0. The highest BCUT2D eigenvalue weighted by atomic mass is 19.1. The largest absolute Gasteiger partial charge is 0.465 e. The molecule has 0 saturated carbocycles. The van der Waals surface area contributed by atoms with Crippen molar-refractivity contribution in [2.45, 2.75) is 26.8 Å². The van der Waals surface area contributed by atoms with Crippen LogP contribution >= 0.6 is 0 Å². The topological polar surface area (TPSA) is 66.4 Å². The Bertz CT molecular complexity index is 480. The van der Waals surface area contributed by atoms with E-state index in [4.69, 9.17) is 5.11 Å². The molecule has 103 valence electrons. The number of carbonyl (C=O) groups excluding carboxylic acids is 1. The van der Waals surface area contributed by atoms with Crippen molar-refractivity contribution in [3.05, 3.63) is 42.1 Å². The summed E-state index contributed by atoms with van der Waals surface area (Å²) in [5.41, 5.74) is -0.261. The molecule has 0 aliphatic rings. The van der Waals surface area contributed by atoms with E-state index in [1.54, 1.807) is 0 Å². The minimum absolute atomic E-state index is 0.196. The number of nitrogens with one attached hydrogen (secondary N) is 1. The maximum Gasteiger partial charge on any atom is 0.404 e. The minimum atomic E-state index is -1.21. The summed E-state index contributed by atoms with van der Waals surface area (Å²) in [6.45, 7) is 5.43. The van der Waals surface area contributed by atoms with E-state index < -0.39 is 29.2 Å². The highest BCUT2D eigenvalue weighted by Gasteiger charge is 2.29. The van der Waals surface area contributed by atoms with E-state index in [0.717, 1.165) is 6.07 Å². The number of hydrogen-bond acceptors (Lipinski definition) is 2. The molecule has 1 aromatic carbocycles. The van der Waals surface area contributed by atoms with Crippen molar-refractivity contribution >= 4 is 11.9 Å². The SMILES string of the molecule is CC(C)(C)[C@H]([CH]C(=O)c1cccc(F)c1)NC(=O)O. The number of carbonyl (C=O) groups is 2. The fraction of sp³-hybridized carbons (Fsp3) is 0.357. The van der Waals surface area contributed by atoms with E-state index in [0.29, 0.717) is 0 Å². The van der Waals surface area contributed by atoms with Crippen LogP contribution in [0.2, 0.25) is 0 Å². The summed E-state index contributed by atoms with van der Waals surface area (Å²) >= 11 is 0. The van der Waals surface area contributed by atoms with Gasteiger partial charge in [0.2, 0.25) is 0 Å². The fourth-order valence-corrected chi connectivity index (χ4v) is 1.53. The van der Waals surface area contributed by atoms with E-state index in [9.17, 15) is 14.0 Å². The Morgan fingerprint density at radius 2 is 2.00 bits per heavy atom. The molecule has 1 amide bonds. The van der Waals surface area contributed by atoms with Gasteiger partial charge in [0, 0.05) is 11.6 Å². The molecule has 1 rings (SSSR count). The van der Waals surface area contributed by atoms with Gasteiger partial charge >= 0.3 is 6.09 Å². The lowest BCUT2D eigenvalue weighted by Crippen LogP contribution is -2.44. The second kappa shape index (κ2) is 5.82. The quantitative estimate of drug-likeness (QED) is 0.823. The average molecular weight is 266 g/mol. The molecule has 0 aliphatic heterocycles. The molecule has 1 radical (unpaired) electrons. The molecule has 5 heteroatoms. The Balaban J connectivity index is 2.85. The lowest BCUT2D eigenvalue weighted by atomic mass is 9.83. The zero-order chi connectivity index (χ0) is 14.6. The normalized spacial score (nSPS) is 12.8. The molecule has 0 bridgehead atoms. The molecule has 0 saturated heterocycles. The van der Waals surface area contributed by atoms with E-state index >= 15 is 0 Å². The third-order valence-electron chi connectivity index (χ3n) is 2.64. The van der Waals surface area contributed by atoms with E-state index in [2.05, 4.69) is 5.32 Å². The zero-order valence-electron chi connectivity index (χ0n) is 11.1. The Morgan fingerprint density at radius 1 is 1.37 bits per heavy atom. The second-order valence-electron chi connectivity index (χ2n) is 5.33. The summed E-state index contributed by atoms with van der Waals surface area (Å²) in [4.78, 5) is 22.7. The van der Waals surface area contributed by atoms with Crippen LogP contribution in [0.25, 0.3) is 0 Å². The van der Waals surface area contributed by atoms with Gasteiger partial charge in [-0.05, 0) is 17.5 Å². The van der Waals surface area contributed by atoms with Gasteiger partial charge in [-0.3, -0.25) is 4.79 Å². The molecule has 0 aromatic heterocycles. The fourth-order valence-electron chi connectivity index (χ4n) is 1.53. The summed E-state index contributed by atoms with van der Waals surface area (Å²) in [6, 6.07) is 4.64. The second-order valence-corrected chi connectivity index (χ2v) is 5.33. The van der Waals surface area contributed by atoms with Crippen LogP contribution in [0.4, 0.5) is 9.18 Å². The first kappa shape index (κ1) is 15.1. The van der Waals surface area contributed by atoms with Gasteiger partial charge in [-0.25, -0.2) is 9.18 Å². The summed E-state index contributed by atoms with van der Waals surface area (Å²) in [5, 5.41) is 11.1. The van der Waals surface area contributed by atoms with Gasteiger partial charge in [-0.15, -0.1) is 0 Å². The van der Waals surface area contributed by atoms with Gasteiger partial charge in [-0.1, -0.05) is 32.9 Å². The van der Waals surface area contributed by atoms with Crippen molar-refractivity contribution < 1.29 is 19.1 Å². The van der Waals surface area contributed by atoms with Crippen LogP contribution in [0, 0.1) is 17.7 Å². The number of halogens is 1. The average Bonchev–Trinajstić information content (AvgIpc) is 2.26. The lowest BCUT2D eigenvalue weighted by Gasteiger charge is -2.29. The van der Waals surface area contributed by atoms with Gasteiger partial charge in [-0.2, -0.15) is 0 Å². The van der Waals surface area contributed by atoms with Crippen LogP contribution < -0.4 is 5.32 Å². The zero-order valence-corrected chi connectivity index (χ0v) is 11.1. The van der Waals surface area contributed by atoms with Gasteiger partial charge in [0.1, 0.15) is 5.82 Å². The lowest BCUT2D eigenvalue weighted by molar-refractivity contribution is 0.100. The first-order chi connectivity index (χ1) is 8.70. The predicted octanol–water partition coefficient (Wildman–Crippen LogP) is 2.89. The highest BCUT2D eigenvalue weighted by molar-refractivity contribution is 6.03. The third-order valence-corrected chi connectivity index (χ3v) is 2.64. The van der Waals surface area contributed by atoms with Gasteiger partial charge in [0.05, 0.1) is 6.42 Å². The summed E-state index contributed by atoms with van der Waals surface area (Å²) in [6.07, 6.45) is 0.0614. The maximum atomic E-state index is 13.0. The molecule has 2 N–H and O–H groups in total. The van der Waals surface area contributed by atoms with Crippen LogP contribution in [-0.4, -0.2) is 23.0 Å². The molecule has 0 spiro atoms. The first-order valence-electron chi connectivity index (χ1n) is 5.84. The molecule has 0 unspecified atom stereocenters. The minimum Gasteiger partial charge on any atom is -0.465 e. The highest BCUT2D eigenvalue weighted by Crippen LogP contribution is 2.23. The van der Waals surface area contributed by atoms with Crippen LogP contribution in [0.1, 0.15) is 31.1 Å². The molecular formula is C14H17FNO3. The molecule has 0 fully saturated rings. The molecule has 19 heavy (non-hydrogen) atoms. The van der Waals surface area contributed by atoms with Crippen molar-refractivity contribution in [1.29, 1.82) is 0 Å². The van der Waals surface area contributed by atoms with Crippen molar-refractivity contribution in [1.82, 2.24) is 5.32 Å². The molecule has 0 aliphatic carbocycles. The van der Waals surface area contributed by atoms with Gasteiger partial charge in [0.25, 0.3) is 0 Å². The van der Waals surface area contributed by atoms with Crippen molar-refractivity contribution in [3.8, 4) is 0 Å². The maximum absolute atomic E-state index is 13.0. The number of ketones is 1. The predicted molar refractivity (Wildman–Crippen MR) is 69.4 cm³/mol. The van der Waals surface area contributed by atoms with Crippen LogP contribution in [-0.2, 0) is 0 Å². The van der Waals surface area contributed by atoms with Crippen LogP contribution in [0.3, 0.4) is 0 Å². The Hall–Kier alpha value is -1.91. The van der Waals surface area contributed by atoms with Crippen LogP contribution in [0.15, 0.2) is 24.3 Å². The third kappa shape index (κ3) is 4.69. The van der Waals surface area contributed by atoms with Crippen molar-refractivity contribution in [2.24, 2.45) is 5.41 Å². The number of amides is 1. The molecule has 4 nitrogen and oxygen atoms in total. The molecular weight excluding hydrogens is 249 g/mol. The van der Waals surface area contributed by atoms with Crippen molar-refractivity contribution in [3.63, 3.8) is 0 Å². The number of carboxylic acid groups (broad SMARTS) is 1. The number of rotatable bonds is 4. The first-order valence-corrected chi connectivity index (χ1v) is 5.84. The summed E-state index contributed by atoms with van der Waals surface area (Å²) in [7, 11) is 0. The van der Waals surface area contributed by atoms with Gasteiger partial charge in [0.15, 0.2) is 5.78 Å². The smallest absolute Gasteiger partial charge is 0.404 e. The standard InChI is InChI=1S/C14H17FNO3/c1-14(2,3)12(16-13(18)19)8-11(17)9-5-4-6-10(15)7-9/h4-8,12,16H,1-3H3,(H,18,19)/t12-/m0/s1. The Kier molecular flexibility index (Phi) is 4.64. The number of hydrogen-bond donors (Lipinski definition) is 2. The van der Waals surface area contributed by atoms with E-state index in [1.807, 2.05) is 20.8 Å². The monoisotopic (exact) mass is 266 g/mol. The number of benzene rings is 1. The molecule has 0 heterocycles. The Labute approximate surface area is 111 Å². The van der Waals surface area contributed by atoms with Crippen LogP contribution in [0.5, 0.6) is 0 Å². The Morgan fingerprint density at radius 3 is 2.47 bits per heavy atom. The molecule has 1 atom stereocenters. The van der Waals surface area contributed by atoms with E-state index in [-0.39, 0.29) is 5.56 Å². The van der Waals surface area contributed by atoms with Crippen molar-refractivity contribution in [2.75, 3.05) is 0 Å². The van der Waals surface area contributed by atoms with E-state index in [1.165, 1.54) is 24.6 Å².